The third kappa shape index (κ3) is 4.38. The summed E-state index contributed by atoms with van der Waals surface area (Å²) >= 11 is 0. The van der Waals surface area contributed by atoms with E-state index in [1.54, 1.807) is 11.6 Å². The van der Waals surface area contributed by atoms with E-state index >= 15 is 0 Å². The van der Waals surface area contributed by atoms with Crippen LogP contribution < -0.4 is 16.8 Å². The highest BCUT2D eigenvalue weighted by atomic mass is 35.5. The highest BCUT2D eigenvalue weighted by Gasteiger charge is 2.17. The summed E-state index contributed by atoms with van der Waals surface area (Å²) < 4.78 is 1.55. The number of aromatic nitrogens is 1. The summed E-state index contributed by atoms with van der Waals surface area (Å²) in [5.74, 6) is -0.836. The molecule has 0 aliphatic rings. The van der Waals surface area contributed by atoms with E-state index in [0.29, 0.717) is 17.8 Å². The lowest BCUT2D eigenvalue weighted by molar-refractivity contribution is 0.0937. The average molecular weight is 275 g/mol. The minimum atomic E-state index is -0.557. The van der Waals surface area contributed by atoms with E-state index in [2.05, 4.69) is 5.32 Å². The molecular weight excluding hydrogens is 256 g/mol. The summed E-state index contributed by atoms with van der Waals surface area (Å²) in [6.45, 7) is 3.98. The Morgan fingerprint density at radius 3 is 2.39 bits per heavy atom. The fourth-order valence-electron chi connectivity index (χ4n) is 1.32. The highest BCUT2D eigenvalue weighted by Crippen LogP contribution is 2.07. The number of amides is 2. The molecule has 0 atom stereocenters. The highest BCUT2D eigenvalue weighted by molar-refractivity contribution is 5.98. The van der Waals surface area contributed by atoms with Gasteiger partial charge in [-0.05, 0) is 19.9 Å². The van der Waals surface area contributed by atoms with Gasteiger partial charge in [0.05, 0.1) is 5.56 Å². The van der Waals surface area contributed by atoms with Gasteiger partial charge in [-0.3, -0.25) is 9.59 Å². The summed E-state index contributed by atoms with van der Waals surface area (Å²) in [6.07, 6.45) is 1.52. The van der Waals surface area contributed by atoms with Crippen LogP contribution in [-0.2, 0) is 7.05 Å². The van der Waals surface area contributed by atoms with Crippen molar-refractivity contribution >= 4 is 24.2 Å². The minimum Gasteiger partial charge on any atom is -0.366 e. The van der Waals surface area contributed by atoms with Gasteiger partial charge in [-0.1, -0.05) is 0 Å². The van der Waals surface area contributed by atoms with Crippen molar-refractivity contribution in [2.45, 2.75) is 19.4 Å². The zero-order chi connectivity index (χ0) is 13.2. The normalized spacial score (nSPS) is 10.7. The monoisotopic (exact) mass is 274 g/mol. The second-order valence-electron chi connectivity index (χ2n) is 4.76. The molecule has 0 aliphatic heterocycles. The standard InChI is InChI=1S/C11H18N4O2.ClH/c1-11(2,13)6-14-10(17)8-4-7(9(12)16)5-15(8)3;/h4-5H,6,13H2,1-3H3,(H2,12,16)(H,14,17);1H. The van der Waals surface area contributed by atoms with Gasteiger partial charge in [-0.2, -0.15) is 0 Å². The molecule has 5 N–H and O–H groups in total. The predicted molar refractivity (Wildman–Crippen MR) is 71.8 cm³/mol. The number of nitrogens with two attached hydrogens (primary N) is 2. The predicted octanol–water partition coefficient (Wildman–Crippen LogP) is 0.0129. The summed E-state index contributed by atoms with van der Waals surface area (Å²) in [4.78, 5) is 22.8. The molecular formula is C11H19ClN4O2. The average Bonchev–Trinajstić information content (AvgIpc) is 2.56. The number of hydrogen-bond acceptors (Lipinski definition) is 3. The Hall–Kier alpha value is -1.53. The number of rotatable bonds is 4. The number of nitrogens with one attached hydrogen (secondary N) is 1. The van der Waals surface area contributed by atoms with Crippen molar-refractivity contribution in [1.82, 2.24) is 9.88 Å². The lowest BCUT2D eigenvalue weighted by atomic mass is 10.1. The number of hydrogen-bond donors (Lipinski definition) is 3. The summed E-state index contributed by atoms with van der Waals surface area (Å²) in [5.41, 5.74) is 11.1. The zero-order valence-electron chi connectivity index (χ0n) is 10.7. The third-order valence-corrected chi connectivity index (χ3v) is 2.23. The van der Waals surface area contributed by atoms with Gasteiger partial charge in [-0.15, -0.1) is 12.4 Å². The van der Waals surface area contributed by atoms with Crippen LogP contribution in [0.3, 0.4) is 0 Å². The second-order valence-corrected chi connectivity index (χ2v) is 4.76. The first-order valence-electron chi connectivity index (χ1n) is 5.24. The maximum atomic E-state index is 11.8. The number of halogens is 1. The molecule has 1 aromatic rings. The number of carbonyl (C=O) groups is 2. The van der Waals surface area contributed by atoms with Crippen LogP contribution in [0.25, 0.3) is 0 Å². The van der Waals surface area contributed by atoms with Gasteiger partial charge in [0.1, 0.15) is 5.69 Å². The van der Waals surface area contributed by atoms with Gasteiger partial charge < -0.3 is 21.4 Å². The third-order valence-electron chi connectivity index (χ3n) is 2.23. The van der Waals surface area contributed by atoms with Crippen LogP contribution in [0.2, 0.25) is 0 Å². The smallest absolute Gasteiger partial charge is 0.267 e. The van der Waals surface area contributed by atoms with Gasteiger partial charge >= 0.3 is 0 Å². The SMILES string of the molecule is Cl.Cn1cc(C(N)=O)cc1C(=O)NCC(C)(C)N. The Morgan fingerprint density at radius 1 is 1.44 bits per heavy atom. The maximum Gasteiger partial charge on any atom is 0.267 e. The van der Waals surface area contributed by atoms with Crippen molar-refractivity contribution in [3.63, 3.8) is 0 Å². The lowest BCUT2D eigenvalue weighted by Gasteiger charge is -2.18. The largest absolute Gasteiger partial charge is 0.366 e. The van der Waals surface area contributed by atoms with Crippen LogP contribution >= 0.6 is 12.4 Å². The van der Waals surface area contributed by atoms with Crippen LogP contribution in [0, 0.1) is 0 Å². The molecule has 7 heteroatoms. The lowest BCUT2D eigenvalue weighted by Crippen LogP contribution is -2.45. The first-order valence-corrected chi connectivity index (χ1v) is 5.24. The Labute approximate surface area is 112 Å². The van der Waals surface area contributed by atoms with Gasteiger partial charge in [0.15, 0.2) is 0 Å². The Kier molecular flexibility index (Phi) is 5.38. The minimum absolute atomic E-state index is 0. The molecule has 0 aromatic carbocycles. The molecule has 1 rings (SSSR count). The van der Waals surface area contributed by atoms with Crippen LogP contribution in [0.15, 0.2) is 12.3 Å². The summed E-state index contributed by atoms with van der Waals surface area (Å²) in [6, 6.07) is 1.46. The summed E-state index contributed by atoms with van der Waals surface area (Å²) in [7, 11) is 1.68. The molecule has 0 spiro atoms. The van der Waals surface area contributed by atoms with Crippen molar-refractivity contribution in [1.29, 1.82) is 0 Å². The molecule has 0 aliphatic carbocycles. The number of carbonyl (C=O) groups excluding carboxylic acids is 2. The molecule has 0 radical (unpaired) electrons. The van der Waals surface area contributed by atoms with Crippen LogP contribution in [0.1, 0.15) is 34.7 Å². The Balaban J connectivity index is 0.00000289. The molecule has 0 fully saturated rings. The van der Waals surface area contributed by atoms with E-state index in [4.69, 9.17) is 11.5 Å². The maximum absolute atomic E-state index is 11.8. The molecule has 0 saturated heterocycles. The van der Waals surface area contributed by atoms with E-state index < -0.39 is 11.4 Å². The Bertz CT molecular complexity index is 448. The second kappa shape index (κ2) is 5.88. The van der Waals surface area contributed by atoms with Crippen molar-refractivity contribution in [2.24, 2.45) is 18.5 Å². The molecule has 0 bridgehead atoms. The van der Waals surface area contributed by atoms with Gasteiger partial charge in [-0.25, -0.2) is 0 Å². The van der Waals surface area contributed by atoms with E-state index in [1.807, 2.05) is 13.8 Å². The first-order chi connectivity index (χ1) is 7.70. The topological polar surface area (TPSA) is 103 Å². The molecule has 1 aromatic heterocycles. The molecule has 1 heterocycles. The van der Waals surface area contributed by atoms with Gasteiger partial charge in [0.2, 0.25) is 5.91 Å². The van der Waals surface area contributed by atoms with Crippen LogP contribution in [0.5, 0.6) is 0 Å². The fraction of sp³-hybridized carbons (Fsp3) is 0.455. The van der Waals surface area contributed by atoms with E-state index in [0.717, 1.165) is 0 Å². The Morgan fingerprint density at radius 2 is 2.00 bits per heavy atom. The van der Waals surface area contributed by atoms with Crippen molar-refractivity contribution in [2.75, 3.05) is 6.54 Å². The molecule has 0 unspecified atom stereocenters. The molecule has 2 amide bonds. The number of nitrogens with zero attached hydrogens (tertiary/aromatic N) is 1. The number of primary amides is 1. The van der Waals surface area contributed by atoms with Crippen molar-refractivity contribution in [3.8, 4) is 0 Å². The van der Waals surface area contributed by atoms with Crippen LogP contribution in [0.4, 0.5) is 0 Å². The van der Waals surface area contributed by atoms with Crippen molar-refractivity contribution < 1.29 is 9.59 Å². The van der Waals surface area contributed by atoms with E-state index in [1.165, 1.54) is 12.3 Å². The van der Waals surface area contributed by atoms with Crippen LogP contribution in [-0.4, -0.2) is 28.5 Å². The zero-order valence-corrected chi connectivity index (χ0v) is 11.5. The molecule has 18 heavy (non-hydrogen) atoms. The van der Waals surface area contributed by atoms with E-state index in [9.17, 15) is 9.59 Å². The van der Waals surface area contributed by atoms with E-state index in [-0.39, 0.29) is 18.3 Å². The fourth-order valence-corrected chi connectivity index (χ4v) is 1.32. The molecule has 102 valence electrons. The quantitative estimate of drug-likeness (QED) is 0.721. The summed E-state index contributed by atoms with van der Waals surface area (Å²) in [5, 5.41) is 2.70. The van der Waals surface area contributed by atoms with Crippen molar-refractivity contribution in [3.05, 3.63) is 23.5 Å². The first kappa shape index (κ1) is 16.5. The molecule has 6 nitrogen and oxygen atoms in total. The van der Waals surface area contributed by atoms with Gasteiger partial charge in [0.25, 0.3) is 5.91 Å². The molecule has 0 saturated carbocycles. The number of aryl methyl sites for hydroxylation is 1. The van der Waals surface area contributed by atoms with Gasteiger partial charge in [0, 0.05) is 25.3 Å².